The summed E-state index contributed by atoms with van der Waals surface area (Å²) in [5, 5.41) is 3.34. The van der Waals surface area contributed by atoms with E-state index >= 15 is 0 Å². The van der Waals surface area contributed by atoms with Crippen LogP contribution in [-0.2, 0) is 0 Å². The van der Waals surface area contributed by atoms with Gasteiger partial charge in [0.05, 0.1) is 0 Å². The van der Waals surface area contributed by atoms with Crippen LogP contribution in [0, 0.1) is 30.4 Å². The first-order chi connectivity index (χ1) is 9.04. The molecule has 0 saturated heterocycles. The van der Waals surface area contributed by atoms with Crippen molar-refractivity contribution in [1.82, 2.24) is 5.32 Å². The molecule has 1 N–H and O–H groups in total. The topological polar surface area (TPSA) is 12.0 Å². The van der Waals surface area contributed by atoms with Crippen LogP contribution < -0.4 is 5.32 Å². The monoisotopic (exact) mass is 267 g/mol. The number of benzene rings is 1. The Morgan fingerprint density at radius 3 is 2.58 bits per heavy atom. The Morgan fingerprint density at radius 1 is 1.26 bits per heavy atom. The van der Waals surface area contributed by atoms with E-state index in [1.165, 1.54) is 6.42 Å². The largest absolute Gasteiger partial charge is 0.310 e. The average Bonchev–Trinajstić information content (AvgIpc) is 2.81. The fourth-order valence-electron chi connectivity index (χ4n) is 3.21. The second kappa shape index (κ2) is 6.00. The molecular weight excluding hydrogens is 244 g/mol. The zero-order chi connectivity index (χ0) is 14.0. The molecule has 1 aliphatic rings. The highest BCUT2D eigenvalue weighted by Gasteiger charge is 2.31. The van der Waals surface area contributed by atoms with Crippen molar-refractivity contribution in [2.24, 2.45) is 11.8 Å². The van der Waals surface area contributed by atoms with Crippen LogP contribution in [0.25, 0.3) is 0 Å². The molecule has 2 rings (SSSR count). The fourth-order valence-corrected chi connectivity index (χ4v) is 3.21. The number of aryl methyl sites for hydroxylation is 1. The first-order valence-corrected chi connectivity index (χ1v) is 7.22. The lowest BCUT2D eigenvalue weighted by Crippen LogP contribution is -2.28. The van der Waals surface area contributed by atoms with Crippen molar-refractivity contribution in [3.63, 3.8) is 0 Å². The van der Waals surface area contributed by atoms with Gasteiger partial charge in [-0.2, -0.15) is 0 Å². The van der Waals surface area contributed by atoms with Crippen molar-refractivity contribution in [1.29, 1.82) is 0 Å². The minimum Gasteiger partial charge on any atom is -0.310 e. The highest BCUT2D eigenvalue weighted by molar-refractivity contribution is 5.28. The molecule has 0 amide bonds. The Hall–Kier alpha value is -0.960. The van der Waals surface area contributed by atoms with Gasteiger partial charge in [-0.25, -0.2) is 8.78 Å². The second-order valence-electron chi connectivity index (χ2n) is 5.81. The van der Waals surface area contributed by atoms with Crippen molar-refractivity contribution < 1.29 is 8.78 Å². The minimum absolute atomic E-state index is 0.0648. The molecule has 19 heavy (non-hydrogen) atoms. The molecule has 3 atom stereocenters. The van der Waals surface area contributed by atoms with Gasteiger partial charge in [0.25, 0.3) is 0 Å². The van der Waals surface area contributed by atoms with Crippen LogP contribution in [0.4, 0.5) is 8.78 Å². The standard InChI is InChI=1S/C16H23F2N/c1-4-19-16(12-7-5-10(2)9-12)13-8-6-11(3)14(17)15(13)18/h6,8,10,12,16,19H,4-5,7,9H2,1-3H3. The molecule has 0 radical (unpaired) electrons. The summed E-state index contributed by atoms with van der Waals surface area (Å²) >= 11 is 0. The van der Waals surface area contributed by atoms with Crippen LogP contribution in [0.2, 0.25) is 0 Å². The van der Waals surface area contributed by atoms with Gasteiger partial charge in [-0.15, -0.1) is 0 Å². The summed E-state index contributed by atoms with van der Waals surface area (Å²) < 4.78 is 27.9. The van der Waals surface area contributed by atoms with E-state index in [0.717, 1.165) is 19.4 Å². The Kier molecular flexibility index (Phi) is 4.56. The smallest absolute Gasteiger partial charge is 0.163 e. The van der Waals surface area contributed by atoms with Gasteiger partial charge >= 0.3 is 0 Å². The lowest BCUT2D eigenvalue weighted by molar-refractivity contribution is 0.349. The third kappa shape index (κ3) is 2.97. The Labute approximate surface area is 114 Å². The van der Waals surface area contributed by atoms with Crippen molar-refractivity contribution >= 4 is 0 Å². The van der Waals surface area contributed by atoms with Gasteiger partial charge in [-0.3, -0.25) is 0 Å². The van der Waals surface area contributed by atoms with Crippen LogP contribution in [0.1, 0.15) is 50.3 Å². The molecule has 1 saturated carbocycles. The maximum absolute atomic E-state index is 14.2. The quantitative estimate of drug-likeness (QED) is 0.854. The van der Waals surface area contributed by atoms with E-state index in [4.69, 9.17) is 0 Å². The number of nitrogens with one attached hydrogen (secondary N) is 1. The highest BCUT2D eigenvalue weighted by Crippen LogP contribution is 2.40. The van der Waals surface area contributed by atoms with Gasteiger partial charge in [-0.05, 0) is 43.7 Å². The predicted molar refractivity (Wildman–Crippen MR) is 74.0 cm³/mol. The van der Waals surface area contributed by atoms with Crippen LogP contribution in [0.15, 0.2) is 12.1 Å². The van der Waals surface area contributed by atoms with E-state index in [0.29, 0.717) is 23.0 Å². The van der Waals surface area contributed by atoms with E-state index in [1.807, 2.05) is 6.92 Å². The zero-order valence-corrected chi connectivity index (χ0v) is 12.0. The molecular formula is C16H23F2N. The van der Waals surface area contributed by atoms with Crippen molar-refractivity contribution in [2.75, 3.05) is 6.54 Å². The summed E-state index contributed by atoms with van der Waals surface area (Å²) in [6.07, 6.45) is 3.36. The minimum atomic E-state index is -0.702. The SMILES string of the molecule is CCNC(c1ccc(C)c(F)c1F)C1CCC(C)C1. The summed E-state index contributed by atoms with van der Waals surface area (Å²) in [6, 6.07) is 3.35. The molecule has 1 aromatic carbocycles. The van der Waals surface area contributed by atoms with Crippen molar-refractivity contribution in [3.8, 4) is 0 Å². The molecule has 1 aliphatic carbocycles. The van der Waals surface area contributed by atoms with E-state index in [-0.39, 0.29) is 6.04 Å². The lowest BCUT2D eigenvalue weighted by atomic mass is 9.90. The summed E-state index contributed by atoms with van der Waals surface area (Å²) in [6.45, 7) is 6.61. The first kappa shape index (κ1) is 14.4. The molecule has 1 fully saturated rings. The fraction of sp³-hybridized carbons (Fsp3) is 0.625. The van der Waals surface area contributed by atoms with E-state index in [1.54, 1.807) is 19.1 Å². The molecule has 106 valence electrons. The normalized spacial score (nSPS) is 24.7. The lowest BCUT2D eigenvalue weighted by Gasteiger charge is -2.26. The first-order valence-electron chi connectivity index (χ1n) is 7.22. The zero-order valence-electron chi connectivity index (χ0n) is 12.0. The molecule has 0 aromatic heterocycles. The predicted octanol–water partition coefficient (Wildman–Crippen LogP) is 4.36. The maximum atomic E-state index is 14.2. The highest BCUT2D eigenvalue weighted by atomic mass is 19.2. The molecule has 1 nitrogen and oxygen atoms in total. The van der Waals surface area contributed by atoms with E-state index in [2.05, 4.69) is 12.2 Å². The number of hydrogen-bond donors (Lipinski definition) is 1. The van der Waals surface area contributed by atoms with Crippen LogP contribution in [0.5, 0.6) is 0 Å². The Bertz CT molecular complexity index is 445. The van der Waals surface area contributed by atoms with Gasteiger partial charge in [0, 0.05) is 11.6 Å². The van der Waals surface area contributed by atoms with Gasteiger partial charge in [0.1, 0.15) is 0 Å². The number of halogens is 2. The third-order valence-electron chi connectivity index (χ3n) is 4.27. The number of hydrogen-bond acceptors (Lipinski definition) is 1. The van der Waals surface area contributed by atoms with Crippen molar-refractivity contribution in [2.45, 2.75) is 46.1 Å². The molecule has 0 spiro atoms. The van der Waals surface area contributed by atoms with Crippen LogP contribution in [-0.4, -0.2) is 6.54 Å². The van der Waals surface area contributed by atoms with Gasteiger partial charge in [-0.1, -0.05) is 32.4 Å². The molecule has 0 aliphatic heterocycles. The van der Waals surface area contributed by atoms with Crippen LogP contribution in [0.3, 0.4) is 0 Å². The third-order valence-corrected chi connectivity index (χ3v) is 4.27. The van der Waals surface area contributed by atoms with Gasteiger partial charge in [0.2, 0.25) is 0 Å². The Morgan fingerprint density at radius 2 is 2.00 bits per heavy atom. The summed E-state index contributed by atoms with van der Waals surface area (Å²) in [5.41, 5.74) is 0.861. The van der Waals surface area contributed by atoms with Gasteiger partial charge < -0.3 is 5.32 Å². The van der Waals surface area contributed by atoms with Crippen molar-refractivity contribution in [3.05, 3.63) is 34.9 Å². The van der Waals surface area contributed by atoms with E-state index in [9.17, 15) is 8.78 Å². The molecule has 3 heteroatoms. The van der Waals surface area contributed by atoms with Crippen LogP contribution >= 0.6 is 0 Å². The summed E-state index contributed by atoms with van der Waals surface area (Å²) in [4.78, 5) is 0. The average molecular weight is 267 g/mol. The summed E-state index contributed by atoms with van der Waals surface area (Å²) in [5.74, 6) is -0.284. The second-order valence-corrected chi connectivity index (χ2v) is 5.81. The molecule has 1 aromatic rings. The summed E-state index contributed by atoms with van der Waals surface area (Å²) in [7, 11) is 0. The van der Waals surface area contributed by atoms with E-state index < -0.39 is 11.6 Å². The number of rotatable bonds is 4. The Balaban J connectivity index is 2.31. The molecule has 0 bridgehead atoms. The maximum Gasteiger partial charge on any atom is 0.163 e. The molecule has 3 unspecified atom stereocenters. The molecule has 0 heterocycles. The van der Waals surface area contributed by atoms with Gasteiger partial charge in [0.15, 0.2) is 11.6 Å².